The molecule has 1 fully saturated rings. The number of hydrogen-bond donors (Lipinski definition) is 1. The van der Waals surface area contributed by atoms with E-state index in [1.54, 1.807) is 0 Å². The normalized spacial score (nSPS) is 25.9. The SMILES string of the molecule is CC1CN(C(CN)c2cc3ccccc3o2)CC(C)O1. The third-order valence-electron chi connectivity index (χ3n) is 3.88. The van der Waals surface area contributed by atoms with Crippen LogP contribution in [-0.4, -0.2) is 36.7 Å². The summed E-state index contributed by atoms with van der Waals surface area (Å²) in [6, 6.07) is 10.3. The van der Waals surface area contributed by atoms with Crippen LogP contribution in [0.4, 0.5) is 0 Å². The van der Waals surface area contributed by atoms with Crippen molar-refractivity contribution < 1.29 is 9.15 Å². The van der Waals surface area contributed by atoms with Crippen molar-refractivity contribution in [3.05, 3.63) is 36.1 Å². The van der Waals surface area contributed by atoms with Gasteiger partial charge in [0.15, 0.2) is 0 Å². The number of fused-ring (bicyclic) bond motifs is 1. The Morgan fingerprint density at radius 3 is 2.60 bits per heavy atom. The minimum absolute atomic E-state index is 0.121. The molecule has 3 unspecified atom stereocenters. The van der Waals surface area contributed by atoms with Crippen LogP contribution >= 0.6 is 0 Å². The Balaban J connectivity index is 1.88. The minimum Gasteiger partial charge on any atom is -0.459 e. The van der Waals surface area contributed by atoms with Gasteiger partial charge in [0.1, 0.15) is 11.3 Å². The third-order valence-corrected chi connectivity index (χ3v) is 3.88. The molecule has 0 radical (unpaired) electrons. The molecule has 20 heavy (non-hydrogen) atoms. The second kappa shape index (κ2) is 5.56. The number of nitrogens with zero attached hydrogens (tertiary/aromatic N) is 1. The van der Waals surface area contributed by atoms with Gasteiger partial charge in [0.05, 0.1) is 18.2 Å². The summed E-state index contributed by atoms with van der Waals surface area (Å²) in [4.78, 5) is 2.37. The van der Waals surface area contributed by atoms with E-state index in [0.717, 1.165) is 29.8 Å². The number of nitrogens with two attached hydrogens (primary N) is 1. The van der Waals surface area contributed by atoms with Gasteiger partial charge in [0, 0.05) is 25.0 Å². The zero-order chi connectivity index (χ0) is 14.1. The van der Waals surface area contributed by atoms with E-state index in [4.69, 9.17) is 14.9 Å². The molecule has 2 N–H and O–H groups in total. The van der Waals surface area contributed by atoms with Gasteiger partial charge in [-0.2, -0.15) is 0 Å². The topological polar surface area (TPSA) is 51.6 Å². The van der Waals surface area contributed by atoms with Crippen molar-refractivity contribution in [2.45, 2.75) is 32.1 Å². The predicted molar refractivity (Wildman–Crippen MR) is 79.6 cm³/mol. The third kappa shape index (κ3) is 2.59. The average molecular weight is 274 g/mol. The van der Waals surface area contributed by atoms with E-state index in [1.165, 1.54) is 0 Å². The lowest BCUT2D eigenvalue weighted by Gasteiger charge is -2.39. The number of morpholine rings is 1. The summed E-state index contributed by atoms with van der Waals surface area (Å²) < 4.78 is 11.8. The molecule has 1 aliphatic rings. The lowest BCUT2D eigenvalue weighted by molar-refractivity contribution is -0.0818. The van der Waals surface area contributed by atoms with Gasteiger partial charge in [-0.15, -0.1) is 0 Å². The van der Waals surface area contributed by atoms with Crippen LogP contribution in [0.15, 0.2) is 34.7 Å². The number of hydrogen-bond acceptors (Lipinski definition) is 4. The maximum atomic E-state index is 6.01. The van der Waals surface area contributed by atoms with Crippen LogP contribution in [0.2, 0.25) is 0 Å². The zero-order valence-corrected chi connectivity index (χ0v) is 12.1. The van der Waals surface area contributed by atoms with Crippen LogP contribution < -0.4 is 5.73 Å². The maximum Gasteiger partial charge on any atom is 0.134 e. The molecule has 0 amide bonds. The first-order valence-electron chi connectivity index (χ1n) is 7.25. The Morgan fingerprint density at radius 2 is 1.95 bits per heavy atom. The summed E-state index contributed by atoms with van der Waals surface area (Å²) in [6.45, 7) is 6.55. The van der Waals surface area contributed by atoms with Gasteiger partial charge in [0.25, 0.3) is 0 Å². The van der Waals surface area contributed by atoms with Crippen LogP contribution in [0, 0.1) is 0 Å². The van der Waals surface area contributed by atoms with Gasteiger partial charge in [0.2, 0.25) is 0 Å². The molecule has 0 aliphatic carbocycles. The number of benzene rings is 1. The Morgan fingerprint density at radius 1 is 1.25 bits per heavy atom. The fourth-order valence-corrected chi connectivity index (χ4v) is 3.08. The predicted octanol–water partition coefficient (Wildman–Crippen LogP) is 2.54. The van der Waals surface area contributed by atoms with E-state index in [9.17, 15) is 0 Å². The highest BCUT2D eigenvalue weighted by atomic mass is 16.5. The van der Waals surface area contributed by atoms with Gasteiger partial charge >= 0.3 is 0 Å². The van der Waals surface area contributed by atoms with Gasteiger partial charge in [-0.3, -0.25) is 4.90 Å². The first-order valence-corrected chi connectivity index (χ1v) is 7.25. The van der Waals surface area contributed by atoms with Crippen molar-refractivity contribution in [3.8, 4) is 0 Å². The molecule has 3 atom stereocenters. The molecule has 1 aromatic carbocycles. The van der Waals surface area contributed by atoms with E-state index >= 15 is 0 Å². The van der Waals surface area contributed by atoms with E-state index in [2.05, 4.69) is 30.9 Å². The first kappa shape index (κ1) is 13.6. The highest BCUT2D eigenvalue weighted by molar-refractivity contribution is 5.77. The summed E-state index contributed by atoms with van der Waals surface area (Å²) in [5, 5.41) is 1.13. The molecule has 0 spiro atoms. The highest BCUT2D eigenvalue weighted by Gasteiger charge is 2.29. The maximum absolute atomic E-state index is 6.01. The molecule has 2 aromatic rings. The molecule has 1 aliphatic heterocycles. The van der Waals surface area contributed by atoms with E-state index < -0.39 is 0 Å². The van der Waals surface area contributed by atoms with Crippen molar-refractivity contribution in [2.24, 2.45) is 5.73 Å². The second-order valence-electron chi connectivity index (χ2n) is 5.65. The lowest BCUT2D eigenvalue weighted by atomic mass is 10.1. The van der Waals surface area contributed by atoms with Crippen molar-refractivity contribution in [2.75, 3.05) is 19.6 Å². The van der Waals surface area contributed by atoms with Crippen molar-refractivity contribution in [1.29, 1.82) is 0 Å². The lowest BCUT2D eigenvalue weighted by Crippen LogP contribution is -2.48. The second-order valence-corrected chi connectivity index (χ2v) is 5.65. The van der Waals surface area contributed by atoms with E-state index in [0.29, 0.717) is 6.54 Å². The number of rotatable bonds is 3. The highest BCUT2D eigenvalue weighted by Crippen LogP contribution is 2.29. The average Bonchev–Trinajstić information content (AvgIpc) is 2.81. The molecule has 2 heterocycles. The number of ether oxygens (including phenoxy) is 1. The van der Waals surface area contributed by atoms with Crippen molar-refractivity contribution in [1.82, 2.24) is 4.90 Å². The molecule has 1 aromatic heterocycles. The Hall–Kier alpha value is -1.36. The monoisotopic (exact) mass is 274 g/mol. The largest absolute Gasteiger partial charge is 0.459 e. The molecule has 1 saturated heterocycles. The summed E-state index contributed by atoms with van der Waals surface area (Å²) >= 11 is 0. The fourth-order valence-electron chi connectivity index (χ4n) is 3.08. The zero-order valence-electron chi connectivity index (χ0n) is 12.1. The first-order chi connectivity index (χ1) is 9.67. The number of para-hydroxylation sites is 1. The van der Waals surface area contributed by atoms with Gasteiger partial charge in [-0.1, -0.05) is 18.2 Å². The Bertz CT molecular complexity index is 538. The summed E-state index contributed by atoms with van der Waals surface area (Å²) in [7, 11) is 0. The molecule has 108 valence electrons. The van der Waals surface area contributed by atoms with Crippen LogP contribution in [0.5, 0.6) is 0 Å². The van der Waals surface area contributed by atoms with Crippen molar-refractivity contribution >= 4 is 11.0 Å². The van der Waals surface area contributed by atoms with Gasteiger partial charge < -0.3 is 14.9 Å². The quantitative estimate of drug-likeness (QED) is 0.934. The van der Waals surface area contributed by atoms with Crippen LogP contribution in [-0.2, 0) is 4.74 Å². The standard InChI is InChI=1S/C16H22N2O2/c1-11-9-18(10-12(2)19-11)14(8-17)16-7-13-5-3-4-6-15(13)20-16/h3-7,11-12,14H,8-10,17H2,1-2H3. The molecular formula is C16H22N2O2. The van der Waals surface area contributed by atoms with Crippen LogP contribution in [0.3, 0.4) is 0 Å². The summed E-state index contributed by atoms with van der Waals surface area (Å²) in [5.41, 5.74) is 6.93. The molecule has 0 bridgehead atoms. The fraction of sp³-hybridized carbons (Fsp3) is 0.500. The Labute approximate surface area is 119 Å². The van der Waals surface area contributed by atoms with Crippen LogP contribution in [0.1, 0.15) is 25.6 Å². The molecule has 3 rings (SSSR count). The van der Waals surface area contributed by atoms with E-state index in [1.807, 2.05) is 18.2 Å². The molecule has 0 saturated carbocycles. The van der Waals surface area contributed by atoms with Crippen LogP contribution in [0.25, 0.3) is 11.0 Å². The Kier molecular flexibility index (Phi) is 3.78. The van der Waals surface area contributed by atoms with E-state index in [-0.39, 0.29) is 18.2 Å². The van der Waals surface area contributed by atoms with Crippen molar-refractivity contribution in [3.63, 3.8) is 0 Å². The van der Waals surface area contributed by atoms with Gasteiger partial charge in [-0.05, 0) is 26.0 Å². The molecule has 4 nitrogen and oxygen atoms in total. The summed E-state index contributed by atoms with van der Waals surface area (Å²) in [5.74, 6) is 0.954. The van der Waals surface area contributed by atoms with Gasteiger partial charge in [-0.25, -0.2) is 0 Å². The smallest absolute Gasteiger partial charge is 0.134 e. The molecular weight excluding hydrogens is 252 g/mol. The molecule has 4 heteroatoms. The number of furan rings is 1. The minimum atomic E-state index is 0.121. The summed E-state index contributed by atoms with van der Waals surface area (Å²) in [6.07, 6.45) is 0.467.